The average molecular weight is 359 g/mol. The fourth-order valence-corrected chi connectivity index (χ4v) is 3.48. The van der Waals surface area contributed by atoms with E-state index in [1.165, 1.54) is 7.11 Å². The molecule has 0 spiro atoms. The summed E-state index contributed by atoms with van der Waals surface area (Å²) in [6.45, 7) is 1.70. The Morgan fingerprint density at radius 1 is 1.12 bits per heavy atom. The fourth-order valence-electron chi connectivity index (χ4n) is 2.25. The van der Waals surface area contributed by atoms with Gasteiger partial charge in [0.15, 0.2) is 0 Å². The molecule has 25 heavy (non-hydrogen) atoms. The van der Waals surface area contributed by atoms with E-state index < -0.39 is 10.0 Å². The summed E-state index contributed by atoms with van der Waals surface area (Å²) in [7, 11) is -2.36. The second-order valence-corrected chi connectivity index (χ2v) is 7.08. The summed E-state index contributed by atoms with van der Waals surface area (Å²) in [4.78, 5) is 0.0674. The summed E-state index contributed by atoms with van der Waals surface area (Å²) in [5, 5.41) is 7.81. The van der Waals surface area contributed by atoms with Crippen molar-refractivity contribution in [1.29, 1.82) is 0 Å². The molecule has 8 heteroatoms. The first-order valence-electron chi connectivity index (χ1n) is 7.52. The second kappa shape index (κ2) is 7.04. The lowest BCUT2D eigenvalue weighted by molar-refractivity contribution is 0.402. The van der Waals surface area contributed by atoms with Gasteiger partial charge in [0.1, 0.15) is 10.6 Å². The van der Waals surface area contributed by atoms with Crippen molar-refractivity contribution in [1.82, 2.24) is 14.9 Å². The van der Waals surface area contributed by atoms with Gasteiger partial charge in [0.2, 0.25) is 21.8 Å². The van der Waals surface area contributed by atoms with Gasteiger partial charge in [-0.25, -0.2) is 13.1 Å². The zero-order valence-electron chi connectivity index (χ0n) is 13.8. The normalized spacial score (nSPS) is 11.4. The number of aryl methyl sites for hydroxylation is 1. The summed E-state index contributed by atoms with van der Waals surface area (Å²) >= 11 is 0. The third-order valence-corrected chi connectivity index (χ3v) is 4.93. The Morgan fingerprint density at radius 3 is 2.60 bits per heavy atom. The summed E-state index contributed by atoms with van der Waals surface area (Å²) in [6.07, 6.45) is 0. The highest BCUT2D eigenvalue weighted by atomic mass is 32.2. The first-order valence-corrected chi connectivity index (χ1v) is 9.00. The molecule has 1 aromatic heterocycles. The molecule has 0 saturated carbocycles. The van der Waals surface area contributed by atoms with Crippen LogP contribution in [0.3, 0.4) is 0 Å². The molecule has 0 fully saturated rings. The maximum atomic E-state index is 12.5. The third-order valence-electron chi connectivity index (χ3n) is 3.51. The monoisotopic (exact) mass is 359 g/mol. The number of nitrogens with one attached hydrogen (secondary N) is 1. The van der Waals surface area contributed by atoms with Crippen LogP contribution in [-0.2, 0) is 16.6 Å². The Hall–Kier alpha value is -2.71. The minimum Gasteiger partial charge on any atom is -0.495 e. The first-order chi connectivity index (χ1) is 12.0. The fraction of sp³-hybridized carbons (Fsp3) is 0.176. The van der Waals surface area contributed by atoms with E-state index in [1.54, 1.807) is 18.2 Å². The van der Waals surface area contributed by atoms with Crippen LogP contribution < -0.4 is 9.46 Å². The van der Waals surface area contributed by atoms with E-state index in [2.05, 4.69) is 14.9 Å². The Labute approximate surface area is 145 Å². The van der Waals surface area contributed by atoms with E-state index in [-0.39, 0.29) is 23.1 Å². The maximum absolute atomic E-state index is 12.5. The quantitative estimate of drug-likeness (QED) is 0.727. The lowest BCUT2D eigenvalue weighted by Crippen LogP contribution is -2.24. The van der Waals surface area contributed by atoms with E-state index in [4.69, 9.17) is 9.15 Å². The van der Waals surface area contributed by atoms with Crippen molar-refractivity contribution >= 4 is 10.0 Å². The van der Waals surface area contributed by atoms with Crippen LogP contribution in [0.4, 0.5) is 0 Å². The summed E-state index contributed by atoms with van der Waals surface area (Å²) < 4.78 is 38.2. The molecule has 7 nitrogen and oxygen atoms in total. The number of benzene rings is 2. The molecular formula is C17H17N3O4S. The SMILES string of the molecule is COc1ccc(C)cc1S(=O)(=O)NCc1nnc(-c2ccccc2)o1. The molecule has 1 heterocycles. The Bertz CT molecular complexity index is 969. The van der Waals surface area contributed by atoms with Gasteiger partial charge in [-0.05, 0) is 36.8 Å². The van der Waals surface area contributed by atoms with E-state index in [1.807, 2.05) is 37.3 Å². The number of methoxy groups -OCH3 is 1. The molecule has 3 rings (SSSR count). The van der Waals surface area contributed by atoms with Crippen molar-refractivity contribution in [2.75, 3.05) is 7.11 Å². The van der Waals surface area contributed by atoms with Crippen molar-refractivity contribution in [2.45, 2.75) is 18.4 Å². The van der Waals surface area contributed by atoms with Gasteiger partial charge >= 0.3 is 0 Å². The zero-order valence-corrected chi connectivity index (χ0v) is 14.6. The smallest absolute Gasteiger partial charge is 0.247 e. The van der Waals surface area contributed by atoms with Crippen LogP contribution in [0.1, 0.15) is 11.5 Å². The molecule has 0 aliphatic rings. The van der Waals surface area contributed by atoms with Crippen LogP contribution in [0.5, 0.6) is 5.75 Å². The molecule has 1 N–H and O–H groups in total. The lowest BCUT2D eigenvalue weighted by atomic mass is 10.2. The highest BCUT2D eigenvalue weighted by Gasteiger charge is 2.20. The lowest BCUT2D eigenvalue weighted by Gasteiger charge is -2.10. The topological polar surface area (TPSA) is 94.3 Å². The van der Waals surface area contributed by atoms with Gasteiger partial charge in [-0.1, -0.05) is 24.3 Å². The Balaban J connectivity index is 1.77. The number of aromatic nitrogens is 2. The van der Waals surface area contributed by atoms with Crippen molar-refractivity contribution in [3.8, 4) is 17.2 Å². The first kappa shape index (κ1) is 17.1. The molecule has 0 aliphatic carbocycles. The van der Waals surface area contributed by atoms with Crippen LogP contribution in [0.25, 0.3) is 11.5 Å². The summed E-state index contributed by atoms with van der Waals surface area (Å²) in [5.41, 5.74) is 1.58. The van der Waals surface area contributed by atoms with Crippen molar-refractivity contribution in [3.05, 3.63) is 60.0 Å². The summed E-state index contributed by atoms with van der Waals surface area (Å²) in [5.74, 6) is 0.783. The highest BCUT2D eigenvalue weighted by Crippen LogP contribution is 2.25. The van der Waals surface area contributed by atoms with Crippen LogP contribution >= 0.6 is 0 Å². The van der Waals surface area contributed by atoms with Crippen LogP contribution in [0, 0.1) is 6.92 Å². The number of sulfonamides is 1. The predicted molar refractivity (Wildman–Crippen MR) is 91.5 cm³/mol. The van der Waals surface area contributed by atoms with E-state index >= 15 is 0 Å². The van der Waals surface area contributed by atoms with E-state index in [0.717, 1.165) is 11.1 Å². The molecule has 0 saturated heterocycles. The molecule has 0 atom stereocenters. The van der Waals surface area contributed by atoms with Gasteiger partial charge in [-0.15, -0.1) is 10.2 Å². The second-order valence-electron chi connectivity index (χ2n) is 5.35. The molecule has 0 aliphatic heterocycles. The van der Waals surface area contributed by atoms with E-state index in [9.17, 15) is 8.42 Å². The number of hydrogen-bond donors (Lipinski definition) is 1. The minimum absolute atomic E-state index is 0.0674. The average Bonchev–Trinajstić information content (AvgIpc) is 3.10. The molecule has 0 amide bonds. The minimum atomic E-state index is -3.78. The van der Waals surface area contributed by atoms with Gasteiger partial charge < -0.3 is 9.15 Å². The molecule has 0 bridgehead atoms. The van der Waals surface area contributed by atoms with E-state index in [0.29, 0.717) is 5.89 Å². The Morgan fingerprint density at radius 2 is 1.88 bits per heavy atom. The standard InChI is InChI=1S/C17H17N3O4S/c1-12-8-9-14(23-2)15(10-12)25(21,22)18-11-16-19-20-17(24-16)13-6-4-3-5-7-13/h3-10,18H,11H2,1-2H3. The highest BCUT2D eigenvalue weighted by molar-refractivity contribution is 7.89. The molecule has 2 aromatic carbocycles. The molecule has 3 aromatic rings. The number of ether oxygens (including phenoxy) is 1. The number of hydrogen-bond acceptors (Lipinski definition) is 6. The van der Waals surface area contributed by atoms with Crippen LogP contribution in [-0.4, -0.2) is 25.7 Å². The van der Waals surface area contributed by atoms with Crippen LogP contribution in [0.15, 0.2) is 57.8 Å². The Kier molecular flexibility index (Phi) is 4.82. The van der Waals surface area contributed by atoms with Crippen molar-refractivity contribution in [3.63, 3.8) is 0 Å². The van der Waals surface area contributed by atoms with Gasteiger partial charge in [0.25, 0.3) is 0 Å². The van der Waals surface area contributed by atoms with Gasteiger partial charge in [-0.3, -0.25) is 0 Å². The third kappa shape index (κ3) is 3.86. The maximum Gasteiger partial charge on any atom is 0.247 e. The van der Waals surface area contributed by atoms with Crippen molar-refractivity contribution < 1.29 is 17.6 Å². The molecule has 0 radical (unpaired) electrons. The van der Waals surface area contributed by atoms with Gasteiger partial charge in [-0.2, -0.15) is 0 Å². The largest absolute Gasteiger partial charge is 0.495 e. The molecule has 0 unspecified atom stereocenters. The number of nitrogens with zero attached hydrogens (tertiary/aromatic N) is 2. The van der Waals surface area contributed by atoms with Crippen molar-refractivity contribution in [2.24, 2.45) is 0 Å². The summed E-state index contributed by atoms with van der Waals surface area (Å²) in [6, 6.07) is 14.2. The molecule has 130 valence electrons. The zero-order chi connectivity index (χ0) is 17.9. The predicted octanol–water partition coefficient (Wildman–Crippen LogP) is 2.53. The number of rotatable bonds is 6. The van der Waals surface area contributed by atoms with Crippen LogP contribution in [0.2, 0.25) is 0 Å². The molecular weight excluding hydrogens is 342 g/mol. The van der Waals surface area contributed by atoms with Gasteiger partial charge in [0, 0.05) is 5.56 Å². The van der Waals surface area contributed by atoms with Gasteiger partial charge in [0.05, 0.1) is 13.7 Å².